The van der Waals surface area contributed by atoms with Crippen molar-refractivity contribution in [2.75, 3.05) is 31.6 Å². The molecule has 3 N–H and O–H groups in total. The SMILES string of the molecule is Cc1cc2c(cc1NCC(CN)C(C)C)OCCO2. The number of hydrogen-bond acceptors (Lipinski definition) is 4. The molecule has 106 valence electrons. The van der Waals surface area contributed by atoms with Gasteiger partial charge in [0.1, 0.15) is 13.2 Å². The lowest BCUT2D eigenvalue weighted by atomic mass is 9.96. The van der Waals surface area contributed by atoms with E-state index in [2.05, 4.69) is 26.1 Å². The Morgan fingerprint density at radius 2 is 1.84 bits per heavy atom. The number of rotatable bonds is 5. The fourth-order valence-electron chi connectivity index (χ4n) is 2.21. The lowest BCUT2D eigenvalue weighted by Gasteiger charge is -2.23. The molecule has 0 saturated carbocycles. The lowest BCUT2D eigenvalue weighted by molar-refractivity contribution is 0.171. The Morgan fingerprint density at radius 3 is 2.42 bits per heavy atom. The summed E-state index contributed by atoms with van der Waals surface area (Å²) in [4.78, 5) is 0. The van der Waals surface area contributed by atoms with Crippen LogP contribution in [0.1, 0.15) is 19.4 Å². The quantitative estimate of drug-likeness (QED) is 0.857. The summed E-state index contributed by atoms with van der Waals surface area (Å²) in [5, 5.41) is 3.48. The first-order valence-electron chi connectivity index (χ1n) is 6.96. The van der Waals surface area contributed by atoms with Crippen LogP contribution in [0.25, 0.3) is 0 Å². The minimum atomic E-state index is 0.479. The standard InChI is InChI=1S/C15H24N2O2/c1-10(2)12(8-16)9-17-13-7-15-14(6-11(13)3)18-4-5-19-15/h6-7,10,12,17H,4-5,8-9,16H2,1-3H3. The van der Waals surface area contributed by atoms with Crippen LogP contribution in [0.4, 0.5) is 5.69 Å². The van der Waals surface area contributed by atoms with Crippen LogP contribution >= 0.6 is 0 Å². The molecule has 1 aromatic carbocycles. The molecule has 0 saturated heterocycles. The molecule has 1 aliphatic heterocycles. The first-order valence-corrected chi connectivity index (χ1v) is 6.96. The summed E-state index contributed by atoms with van der Waals surface area (Å²) in [7, 11) is 0. The number of nitrogens with one attached hydrogen (secondary N) is 1. The Balaban J connectivity index is 2.08. The van der Waals surface area contributed by atoms with Crippen LogP contribution in [0, 0.1) is 18.8 Å². The smallest absolute Gasteiger partial charge is 0.163 e. The molecule has 0 radical (unpaired) electrons. The van der Waals surface area contributed by atoms with Crippen LogP contribution in [-0.2, 0) is 0 Å². The van der Waals surface area contributed by atoms with Gasteiger partial charge in [0.05, 0.1) is 0 Å². The molecule has 19 heavy (non-hydrogen) atoms. The number of aryl methyl sites for hydroxylation is 1. The van der Waals surface area contributed by atoms with Gasteiger partial charge in [0, 0.05) is 18.3 Å². The summed E-state index contributed by atoms with van der Waals surface area (Å²) in [6.45, 7) is 9.32. The monoisotopic (exact) mass is 264 g/mol. The van der Waals surface area contributed by atoms with E-state index >= 15 is 0 Å². The van der Waals surface area contributed by atoms with E-state index < -0.39 is 0 Å². The second kappa shape index (κ2) is 6.15. The number of benzene rings is 1. The van der Waals surface area contributed by atoms with E-state index in [9.17, 15) is 0 Å². The van der Waals surface area contributed by atoms with Crippen molar-refractivity contribution >= 4 is 5.69 Å². The lowest BCUT2D eigenvalue weighted by Crippen LogP contribution is -2.27. The van der Waals surface area contributed by atoms with Gasteiger partial charge in [0.25, 0.3) is 0 Å². The van der Waals surface area contributed by atoms with Gasteiger partial charge in [-0.2, -0.15) is 0 Å². The Kier molecular flexibility index (Phi) is 4.53. The zero-order valence-corrected chi connectivity index (χ0v) is 12.0. The summed E-state index contributed by atoms with van der Waals surface area (Å²) < 4.78 is 11.2. The summed E-state index contributed by atoms with van der Waals surface area (Å²) in [5.41, 5.74) is 8.07. The molecule has 0 fully saturated rings. The van der Waals surface area contributed by atoms with E-state index in [0.29, 0.717) is 31.6 Å². The molecule has 0 aromatic heterocycles. The minimum Gasteiger partial charge on any atom is -0.486 e. The highest BCUT2D eigenvalue weighted by Gasteiger charge is 2.16. The van der Waals surface area contributed by atoms with Crippen LogP contribution < -0.4 is 20.5 Å². The molecule has 0 amide bonds. The molecular weight excluding hydrogens is 240 g/mol. The number of anilines is 1. The van der Waals surface area contributed by atoms with Crippen LogP contribution in [0.15, 0.2) is 12.1 Å². The van der Waals surface area contributed by atoms with Gasteiger partial charge in [0.15, 0.2) is 11.5 Å². The van der Waals surface area contributed by atoms with Gasteiger partial charge in [-0.05, 0) is 36.9 Å². The first-order chi connectivity index (χ1) is 9.11. The number of fused-ring (bicyclic) bond motifs is 1. The Morgan fingerprint density at radius 1 is 1.21 bits per heavy atom. The van der Waals surface area contributed by atoms with Gasteiger partial charge in [-0.3, -0.25) is 0 Å². The van der Waals surface area contributed by atoms with Gasteiger partial charge in [-0.15, -0.1) is 0 Å². The fourth-order valence-corrected chi connectivity index (χ4v) is 2.21. The minimum absolute atomic E-state index is 0.479. The van der Waals surface area contributed by atoms with E-state index in [1.165, 1.54) is 5.56 Å². The fraction of sp³-hybridized carbons (Fsp3) is 0.600. The molecule has 2 rings (SSSR count). The third-order valence-electron chi connectivity index (χ3n) is 3.69. The third-order valence-corrected chi connectivity index (χ3v) is 3.69. The molecule has 4 nitrogen and oxygen atoms in total. The average Bonchev–Trinajstić information content (AvgIpc) is 2.39. The largest absolute Gasteiger partial charge is 0.486 e. The van der Waals surface area contributed by atoms with Crippen molar-refractivity contribution < 1.29 is 9.47 Å². The number of ether oxygens (including phenoxy) is 2. The van der Waals surface area contributed by atoms with Crippen molar-refractivity contribution in [3.63, 3.8) is 0 Å². The van der Waals surface area contributed by atoms with E-state index in [-0.39, 0.29) is 0 Å². The number of nitrogens with two attached hydrogens (primary N) is 1. The highest BCUT2D eigenvalue weighted by atomic mass is 16.6. The Labute approximate surface area is 115 Å². The molecule has 1 aromatic rings. The van der Waals surface area contributed by atoms with Gasteiger partial charge >= 0.3 is 0 Å². The topological polar surface area (TPSA) is 56.5 Å². The molecule has 0 bridgehead atoms. The highest BCUT2D eigenvalue weighted by molar-refractivity contribution is 5.60. The Bertz CT molecular complexity index is 432. The third kappa shape index (κ3) is 3.32. The van der Waals surface area contributed by atoms with E-state index in [4.69, 9.17) is 15.2 Å². The van der Waals surface area contributed by atoms with Crippen molar-refractivity contribution in [2.24, 2.45) is 17.6 Å². The predicted octanol–water partition coefficient (Wildman–Crippen LogP) is 2.41. The van der Waals surface area contributed by atoms with Gasteiger partial charge in [-0.25, -0.2) is 0 Å². The van der Waals surface area contributed by atoms with E-state index in [1.54, 1.807) is 0 Å². The summed E-state index contributed by atoms with van der Waals surface area (Å²) in [5.74, 6) is 2.73. The maximum atomic E-state index is 5.80. The molecule has 0 spiro atoms. The first kappa shape index (κ1) is 14.0. The van der Waals surface area contributed by atoms with Crippen LogP contribution in [0.5, 0.6) is 11.5 Å². The van der Waals surface area contributed by atoms with Gasteiger partial charge in [-0.1, -0.05) is 13.8 Å². The summed E-state index contributed by atoms with van der Waals surface area (Å²) in [6.07, 6.45) is 0. The maximum Gasteiger partial charge on any atom is 0.163 e. The summed E-state index contributed by atoms with van der Waals surface area (Å²) in [6, 6.07) is 4.06. The number of hydrogen-bond donors (Lipinski definition) is 2. The van der Waals surface area contributed by atoms with Gasteiger partial charge < -0.3 is 20.5 Å². The molecule has 1 unspecified atom stereocenters. The zero-order chi connectivity index (χ0) is 13.8. The van der Waals surface area contributed by atoms with Crippen molar-refractivity contribution in [1.29, 1.82) is 0 Å². The van der Waals surface area contributed by atoms with Crippen molar-refractivity contribution in [2.45, 2.75) is 20.8 Å². The van der Waals surface area contributed by atoms with Gasteiger partial charge in [0.2, 0.25) is 0 Å². The van der Waals surface area contributed by atoms with Crippen LogP contribution in [0.3, 0.4) is 0 Å². The van der Waals surface area contributed by atoms with Crippen LogP contribution in [0.2, 0.25) is 0 Å². The molecule has 1 aliphatic rings. The summed E-state index contributed by atoms with van der Waals surface area (Å²) >= 11 is 0. The second-order valence-corrected chi connectivity index (χ2v) is 5.43. The van der Waals surface area contributed by atoms with Crippen molar-refractivity contribution in [3.8, 4) is 11.5 Å². The van der Waals surface area contributed by atoms with Crippen molar-refractivity contribution in [3.05, 3.63) is 17.7 Å². The van der Waals surface area contributed by atoms with Crippen molar-refractivity contribution in [1.82, 2.24) is 0 Å². The normalized spacial score (nSPS) is 15.4. The maximum absolute atomic E-state index is 5.80. The Hall–Kier alpha value is -1.42. The predicted molar refractivity (Wildman–Crippen MR) is 78.0 cm³/mol. The second-order valence-electron chi connectivity index (χ2n) is 5.43. The zero-order valence-electron chi connectivity index (χ0n) is 12.0. The molecule has 4 heteroatoms. The highest BCUT2D eigenvalue weighted by Crippen LogP contribution is 2.35. The van der Waals surface area contributed by atoms with E-state index in [0.717, 1.165) is 23.7 Å². The average molecular weight is 264 g/mol. The molecule has 1 heterocycles. The molecule has 0 aliphatic carbocycles. The van der Waals surface area contributed by atoms with Crippen LogP contribution in [-0.4, -0.2) is 26.3 Å². The molecular formula is C15H24N2O2. The van der Waals surface area contributed by atoms with E-state index in [1.807, 2.05) is 12.1 Å². The molecule has 1 atom stereocenters.